The Bertz CT molecular complexity index is 266. The van der Waals surface area contributed by atoms with Crippen LogP contribution in [0.15, 0.2) is 0 Å². The number of nitrogens with two attached hydrogens (primary N) is 1. The first-order valence-electron chi connectivity index (χ1n) is 8.01. The van der Waals surface area contributed by atoms with E-state index in [1.807, 2.05) is 0 Å². The van der Waals surface area contributed by atoms with Crippen LogP contribution in [0.25, 0.3) is 0 Å². The molecule has 2 aliphatic rings. The summed E-state index contributed by atoms with van der Waals surface area (Å²) in [5, 5.41) is 0. The Morgan fingerprint density at radius 2 is 1.83 bits per heavy atom. The predicted octanol–water partition coefficient (Wildman–Crippen LogP) is 3.41. The molecule has 2 fully saturated rings. The molecule has 1 aliphatic heterocycles. The summed E-state index contributed by atoms with van der Waals surface area (Å²) < 4.78 is 0. The summed E-state index contributed by atoms with van der Waals surface area (Å²) in [4.78, 5) is 2.76. The van der Waals surface area contributed by atoms with Gasteiger partial charge < -0.3 is 5.73 Å². The standard InChI is InChI=1S/C16H32N2/c1-4-6-14-7-11-18(12-8-14)16(13-17)10-5-9-15(16,2)3/h14H,4-13,17H2,1-3H3. The van der Waals surface area contributed by atoms with Crippen molar-refractivity contribution in [2.24, 2.45) is 17.1 Å². The van der Waals surface area contributed by atoms with E-state index in [0.717, 1.165) is 12.5 Å². The number of likely N-dealkylation sites (tertiary alicyclic amines) is 1. The van der Waals surface area contributed by atoms with Gasteiger partial charge in [0, 0.05) is 12.1 Å². The Kier molecular flexibility index (Phi) is 4.38. The van der Waals surface area contributed by atoms with Gasteiger partial charge in [0.2, 0.25) is 0 Å². The SMILES string of the molecule is CCCC1CCN(C2(CN)CCCC2(C)C)CC1. The monoisotopic (exact) mass is 252 g/mol. The van der Waals surface area contributed by atoms with Crippen LogP contribution in [0.2, 0.25) is 0 Å². The maximum absolute atomic E-state index is 6.23. The van der Waals surface area contributed by atoms with Gasteiger partial charge in [-0.05, 0) is 50.1 Å². The quantitative estimate of drug-likeness (QED) is 0.831. The summed E-state index contributed by atoms with van der Waals surface area (Å²) >= 11 is 0. The second-order valence-electron chi connectivity index (χ2n) is 7.19. The highest BCUT2D eigenvalue weighted by molar-refractivity contribution is 5.07. The van der Waals surface area contributed by atoms with Gasteiger partial charge in [0.05, 0.1) is 0 Å². The molecule has 2 rings (SSSR count). The van der Waals surface area contributed by atoms with Crippen LogP contribution in [0.5, 0.6) is 0 Å². The van der Waals surface area contributed by atoms with Crippen molar-refractivity contribution in [3.05, 3.63) is 0 Å². The summed E-state index contributed by atoms with van der Waals surface area (Å²) in [7, 11) is 0. The smallest absolute Gasteiger partial charge is 0.0382 e. The van der Waals surface area contributed by atoms with Crippen LogP contribution in [0.1, 0.15) is 65.7 Å². The molecule has 0 amide bonds. The lowest BCUT2D eigenvalue weighted by Gasteiger charge is -2.52. The zero-order valence-corrected chi connectivity index (χ0v) is 12.7. The fraction of sp³-hybridized carbons (Fsp3) is 1.00. The normalized spacial score (nSPS) is 34.0. The van der Waals surface area contributed by atoms with Crippen molar-refractivity contribution in [2.45, 2.75) is 71.3 Å². The number of piperidine rings is 1. The molecule has 2 N–H and O–H groups in total. The number of hydrogen-bond donors (Lipinski definition) is 1. The number of nitrogens with zero attached hydrogens (tertiary/aromatic N) is 1. The van der Waals surface area contributed by atoms with E-state index in [0.29, 0.717) is 11.0 Å². The minimum absolute atomic E-state index is 0.296. The molecule has 2 nitrogen and oxygen atoms in total. The van der Waals surface area contributed by atoms with Gasteiger partial charge in [-0.25, -0.2) is 0 Å². The third kappa shape index (κ3) is 2.34. The third-order valence-corrected chi connectivity index (χ3v) is 5.91. The number of hydrogen-bond acceptors (Lipinski definition) is 2. The first-order valence-corrected chi connectivity index (χ1v) is 8.01. The second-order valence-corrected chi connectivity index (χ2v) is 7.19. The second kappa shape index (κ2) is 5.50. The minimum atomic E-state index is 0.296. The molecule has 1 saturated carbocycles. The third-order valence-electron chi connectivity index (χ3n) is 5.91. The van der Waals surface area contributed by atoms with Gasteiger partial charge in [0.15, 0.2) is 0 Å². The van der Waals surface area contributed by atoms with Crippen LogP contribution in [-0.4, -0.2) is 30.1 Å². The van der Waals surface area contributed by atoms with Crippen molar-refractivity contribution >= 4 is 0 Å². The molecule has 0 aromatic carbocycles. The van der Waals surface area contributed by atoms with Crippen molar-refractivity contribution < 1.29 is 0 Å². The van der Waals surface area contributed by atoms with Crippen molar-refractivity contribution in [3.8, 4) is 0 Å². The topological polar surface area (TPSA) is 29.3 Å². The fourth-order valence-electron chi connectivity index (χ4n) is 4.55. The van der Waals surface area contributed by atoms with E-state index < -0.39 is 0 Å². The first kappa shape index (κ1) is 14.3. The van der Waals surface area contributed by atoms with Gasteiger partial charge >= 0.3 is 0 Å². The fourth-order valence-corrected chi connectivity index (χ4v) is 4.55. The van der Waals surface area contributed by atoms with Crippen molar-refractivity contribution in [2.75, 3.05) is 19.6 Å². The van der Waals surface area contributed by atoms with E-state index in [1.165, 1.54) is 58.0 Å². The van der Waals surface area contributed by atoms with E-state index in [2.05, 4.69) is 25.7 Å². The lowest BCUT2D eigenvalue weighted by Crippen LogP contribution is -2.61. The average molecular weight is 252 g/mol. The van der Waals surface area contributed by atoms with E-state index in [1.54, 1.807) is 0 Å². The Balaban J connectivity index is 2.03. The highest BCUT2D eigenvalue weighted by atomic mass is 15.2. The molecule has 0 radical (unpaired) electrons. The molecule has 0 aromatic heterocycles. The molecule has 0 aromatic rings. The molecule has 106 valence electrons. The Labute approximate surface area is 113 Å². The summed E-state index contributed by atoms with van der Waals surface area (Å²) in [6, 6.07) is 0. The Morgan fingerprint density at radius 3 is 2.28 bits per heavy atom. The van der Waals surface area contributed by atoms with Crippen molar-refractivity contribution in [3.63, 3.8) is 0 Å². The van der Waals surface area contributed by atoms with Crippen LogP contribution < -0.4 is 5.73 Å². The summed E-state index contributed by atoms with van der Waals surface area (Å²) in [5.41, 5.74) is 6.92. The molecular formula is C16H32N2. The van der Waals surface area contributed by atoms with Gasteiger partial charge in [0.1, 0.15) is 0 Å². The number of rotatable bonds is 4. The van der Waals surface area contributed by atoms with Crippen LogP contribution in [0.3, 0.4) is 0 Å². The van der Waals surface area contributed by atoms with Crippen LogP contribution in [0.4, 0.5) is 0 Å². The molecule has 0 bridgehead atoms. The minimum Gasteiger partial charge on any atom is -0.329 e. The van der Waals surface area contributed by atoms with E-state index in [-0.39, 0.29) is 0 Å². The van der Waals surface area contributed by atoms with Crippen molar-refractivity contribution in [1.82, 2.24) is 4.90 Å². The predicted molar refractivity (Wildman–Crippen MR) is 78.6 cm³/mol. The van der Waals surface area contributed by atoms with Gasteiger partial charge in [-0.3, -0.25) is 4.90 Å². The largest absolute Gasteiger partial charge is 0.329 e. The molecule has 1 heterocycles. The van der Waals surface area contributed by atoms with Crippen LogP contribution in [0, 0.1) is 11.3 Å². The first-order chi connectivity index (χ1) is 8.55. The maximum Gasteiger partial charge on any atom is 0.0382 e. The van der Waals surface area contributed by atoms with Crippen LogP contribution in [-0.2, 0) is 0 Å². The lowest BCUT2D eigenvalue weighted by atomic mass is 9.72. The highest BCUT2D eigenvalue weighted by Crippen LogP contribution is 2.50. The van der Waals surface area contributed by atoms with Gasteiger partial charge in [0.25, 0.3) is 0 Å². The van der Waals surface area contributed by atoms with Gasteiger partial charge in [-0.1, -0.05) is 40.0 Å². The van der Waals surface area contributed by atoms with E-state index in [4.69, 9.17) is 5.73 Å². The maximum atomic E-state index is 6.23. The van der Waals surface area contributed by atoms with Crippen LogP contribution >= 0.6 is 0 Å². The Morgan fingerprint density at radius 1 is 1.17 bits per heavy atom. The molecule has 1 atom stereocenters. The molecule has 2 heteroatoms. The van der Waals surface area contributed by atoms with Crippen molar-refractivity contribution in [1.29, 1.82) is 0 Å². The zero-order chi connectivity index (χ0) is 13.2. The zero-order valence-electron chi connectivity index (χ0n) is 12.7. The molecule has 1 aliphatic carbocycles. The molecule has 1 unspecified atom stereocenters. The molecule has 0 spiro atoms. The summed E-state index contributed by atoms with van der Waals surface area (Å²) in [5.74, 6) is 0.977. The lowest BCUT2D eigenvalue weighted by molar-refractivity contribution is -0.0113. The summed E-state index contributed by atoms with van der Waals surface area (Å²) in [6.45, 7) is 10.6. The molecular weight excluding hydrogens is 220 g/mol. The Hall–Kier alpha value is -0.0800. The van der Waals surface area contributed by atoms with E-state index >= 15 is 0 Å². The van der Waals surface area contributed by atoms with Gasteiger partial charge in [-0.2, -0.15) is 0 Å². The average Bonchev–Trinajstić information content (AvgIpc) is 2.66. The van der Waals surface area contributed by atoms with E-state index in [9.17, 15) is 0 Å². The molecule has 1 saturated heterocycles. The highest BCUT2D eigenvalue weighted by Gasteiger charge is 2.51. The van der Waals surface area contributed by atoms with Gasteiger partial charge in [-0.15, -0.1) is 0 Å². The molecule has 18 heavy (non-hydrogen) atoms. The summed E-state index contributed by atoms with van der Waals surface area (Å²) in [6.07, 6.45) is 9.58.